The number of phenolic OH excluding ortho intramolecular Hbond substituents is 1. The number of hydrogen-bond donors (Lipinski definition) is 2. The molecule has 9 heteroatoms. The zero-order valence-corrected chi connectivity index (χ0v) is 22.0. The lowest BCUT2D eigenvalue weighted by molar-refractivity contribution is -0.137. The van der Waals surface area contributed by atoms with Gasteiger partial charge in [-0.15, -0.1) is 10.2 Å². The Morgan fingerprint density at radius 2 is 1.81 bits per heavy atom. The van der Waals surface area contributed by atoms with Crippen LogP contribution in [-0.2, 0) is 11.3 Å². The smallest absolute Gasteiger partial charge is 0.303 e. The molecule has 198 valence electrons. The summed E-state index contributed by atoms with van der Waals surface area (Å²) in [7, 11) is 0. The molecule has 0 radical (unpaired) electrons. The molecule has 1 aromatic heterocycles. The molecule has 0 aliphatic carbocycles. The van der Waals surface area contributed by atoms with Crippen LogP contribution in [0.5, 0.6) is 5.75 Å². The molecule has 4 rings (SSSR count). The van der Waals surface area contributed by atoms with Gasteiger partial charge in [-0.3, -0.25) is 14.6 Å². The van der Waals surface area contributed by atoms with Crippen LogP contribution in [-0.4, -0.2) is 77.9 Å². The molecule has 1 saturated heterocycles. The Labute approximate surface area is 218 Å². The van der Waals surface area contributed by atoms with Crippen molar-refractivity contribution in [2.45, 2.75) is 71.1 Å². The minimum Gasteiger partial charge on any atom is -0.508 e. The maximum atomic E-state index is 10.7. The van der Waals surface area contributed by atoms with Gasteiger partial charge in [0, 0.05) is 37.2 Å². The van der Waals surface area contributed by atoms with Crippen molar-refractivity contribution in [3.05, 3.63) is 59.7 Å². The van der Waals surface area contributed by atoms with Gasteiger partial charge in [-0.1, -0.05) is 43.3 Å². The molecule has 0 bridgehead atoms. The number of nitrogens with zero attached hydrogens (tertiary/aromatic N) is 6. The zero-order valence-electron chi connectivity index (χ0n) is 22.0. The van der Waals surface area contributed by atoms with Crippen LogP contribution in [0.4, 0.5) is 0 Å². The fraction of sp³-hybridized carbons (Fsp3) is 0.500. The summed E-state index contributed by atoms with van der Waals surface area (Å²) in [6.07, 6.45) is 2.57. The molecule has 0 amide bonds. The molecular formula is C28H38N6O3. The average molecular weight is 507 g/mol. The summed E-state index contributed by atoms with van der Waals surface area (Å²) in [6, 6.07) is 16.7. The standard InChI is InChI=1S/C28H38N6O3/c1-4-15-32-18-21(3)33(19-20(32)2)27(24-8-7-9-25(35)17-24)22-11-13-23(14-12-22)28-29-31-34(30-28)16-6-5-10-26(36)37/h7-9,11-14,17,20-21,27,35H,4-6,10,15-16,18-19H2,1-3H3,(H,36,37)/t20-,21+,27-/m1/s1. The zero-order chi connectivity index (χ0) is 26.4. The molecule has 37 heavy (non-hydrogen) atoms. The highest BCUT2D eigenvalue weighted by molar-refractivity contribution is 5.66. The number of phenols is 1. The lowest BCUT2D eigenvalue weighted by Gasteiger charge is -2.47. The Bertz CT molecular complexity index is 1160. The van der Waals surface area contributed by atoms with E-state index in [1.807, 2.05) is 24.3 Å². The number of aliphatic carboxylic acids is 1. The SMILES string of the molecule is CCCN1C[C@H](C)N([C@H](c2ccc(-c3nnn(CCCCC(=O)O)n3)cc2)c2cccc(O)c2)C[C@H]1C. The number of aromatic nitrogens is 4. The summed E-state index contributed by atoms with van der Waals surface area (Å²) in [4.78, 5) is 17.3. The third kappa shape index (κ3) is 6.72. The van der Waals surface area contributed by atoms with Crippen molar-refractivity contribution in [2.75, 3.05) is 19.6 Å². The number of carboxylic acids is 1. The Hall–Kier alpha value is -3.30. The van der Waals surface area contributed by atoms with Gasteiger partial charge in [0.2, 0.25) is 5.82 Å². The van der Waals surface area contributed by atoms with E-state index in [1.54, 1.807) is 6.07 Å². The van der Waals surface area contributed by atoms with E-state index in [0.717, 1.165) is 42.7 Å². The summed E-state index contributed by atoms with van der Waals surface area (Å²) in [5.74, 6) is 0.0329. The highest BCUT2D eigenvalue weighted by atomic mass is 16.4. The molecule has 0 spiro atoms. The molecule has 9 nitrogen and oxygen atoms in total. The van der Waals surface area contributed by atoms with E-state index in [1.165, 1.54) is 4.80 Å². The monoisotopic (exact) mass is 506 g/mol. The fourth-order valence-electron chi connectivity index (χ4n) is 5.25. The van der Waals surface area contributed by atoms with Gasteiger partial charge >= 0.3 is 5.97 Å². The van der Waals surface area contributed by atoms with E-state index in [0.29, 0.717) is 37.3 Å². The van der Waals surface area contributed by atoms with E-state index in [9.17, 15) is 9.90 Å². The fourth-order valence-corrected chi connectivity index (χ4v) is 5.25. The van der Waals surface area contributed by atoms with E-state index >= 15 is 0 Å². The number of aromatic hydroxyl groups is 1. The summed E-state index contributed by atoms with van der Waals surface area (Å²) >= 11 is 0. The van der Waals surface area contributed by atoms with Gasteiger partial charge in [0.15, 0.2) is 0 Å². The Morgan fingerprint density at radius 3 is 2.51 bits per heavy atom. The van der Waals surface area contributed by atoms with Crippen LogP contribution in [0.1, 0.15) is 63.6 Å². The first kappa shape index (κ1) is 26.8. The number of hydrogen-bond acceptors (Lipinski definition) is 7. The molecule has 3 atom stereocenters. The van der Waals surface area contributed by atoms with E-state index in [-0.39, 0.29) is 18.2 Å². The minimum atomic E-state index is -0.789. The summed E-state index contributed by atoms with van der Waals surface area (Å²) < 4.78 is 0. The second-order valence-electron chi connectivity index (χ2n) is 10.1. The first-order chi connectivity index (χ1) is 17.9. The van der Waals surface area contributed by atoms with Crippen molar-refractivity contribution in [2.24, 2.45) is 0 Å². The predicted octanol–water partition coefficient (Wildman–Crippen LogP) is 4.19. The normalized spacial score (nSPS) is 19.6. The summed E-state index contributed by atoms with van der Waals surface area (Å²) in [6.45, 7) is 10.4. The average Bonchev–Trinajstić information content (AvgIpc) is 3.34. The minimum absolute atomic E-state index is 0.0141. The number of rotatable bonds is 11. The van der Waals surface area contributed by atoms with Crippen LogP contribution in [0.25, 0.3) is 11.4 Å². The molecule has 1 aliphatic heterocycles. The van der Waals surface area contributed by atoms with E-state index in [2.05, 4.69) is 64.2 Å². The van der Waals surface area contributed by atoms with Crippen LogP contribution in [0.15, 0.2) is 48.5 Å². The van der Waals surface area contributed by atoms with Crippen LogP contribution in [0.3, 0.4) is 0 Å². The number of carbonyl (C=O) groups is 1. The molecular weight excluding hydrogens is 468 g/mol. The number of tetrazole rings is 1. The molecule has 2 N–H and O–H groups in total. The first-order valence-corrected chi connectivity index (χ1v) is 13.2. The van der Waals surface area contributed by atoms with E-state index in [4.69, 9.17) is 5.11 Å². The van der Waals surface area contributed by atoms with Gasteiger partial charge in [0.05, 0.1) is 12.6 Å². The van der Waals surface area contributed by atoms with Crippen molar-refractivity contribution in [1.82, 2.24) is 30.0 Å². The highest BCUT2D eigenvalue weighted by Crippen LogP contribution is 2.35. The molecule has 2 heterocycles. The lowest BCUT2D eigenvalue weighted by atomic mass is 9.92. The van der Waals surface area contributed by atoms with Crippen LogP contribution in [0.2, 0.25) is 0 Å². The summed E-state index contributed by atoms with van der Waals surface area (Å²) in [5, 5.41) is 31.8. The second kappa shape index (κ2) is 12.3. The molecule has 1 fully saturated rings. The van der Waals surface area contributed by atoms with Crippen LogP contribution >= 0.6 is 0 Å². The molecule has 0 saturated carbocycles. The molecule has 3 aromatic rings. The van der Waals surface area contributed by atoms with E-state index < -0.39 is 5.97 Å². The van der Waals surface area contributed by atoms with Crippen molar-refractivity contribution < 1.29 is 15.0 Å². The van der Waals surface area contributed by atoms with Gasteiger partial charge in [-0.2, -0.15) is 4.80 Å². The second-order valence-corrected chi connectivity index (χ2v) is 10.1. The van der Waals surface area contributed by atoms with Crippen LogP contribution < -0.4 is 0 Å². The number of piperazine rings is 1. The third-order valence-electron chi connectivity index (χ3n) is 7.13. The molecule has 1 aliphatic rings. The number of benzene rings is 2. The van der Waals surface area contributed by atoms with Crippen molar-refractivity contribution >= 4 is 5.97 Å². The third-order valence-corrected chi connectivity index (χ3v) is 7.13. The van der Waals surface area contributed by atoms with Crippen molar-refractivity contribution in [3.63, 3.8) is 0 Å². The van der Waals surface area contributed by atoms with Gasteiger partial charge in [0.25, 0.3) is 0 Å². The lowest BCUT2D eigenvalue weighted by Crippen LogP contribution is -2.57. The highest BCUT2D eigenvalue weighted by Gasteiger charge is 2.34. The van der Waals surface area contributed by atoms with Gasteiger partial charge in [0.1, 0.15) is 5.75 Å². The summed E-state index contributed by atoms with van der Waals surface area (Å²) in [5.41, 5.74) is 3.10. The quantitative estimate of drug-likeness (QED) is 0.373. The number of unbranched alkanes of at least 4 members (excludes halogenated alkanes) is 1. The maximum absolute atomic E-state index is 10.7. The van der Waals surface area contributed by atoms with Gasteiger partial charge in [-0.25, -0.2) is 0 Å². The maximum Gasteiger partial charge on any atom is 0.303 e. The largest absolute Gasteiger partial charge is 0.508 e. The van der Waals surface area contributed by atoms with Crippen molar-refractivity contribution in [1.29, 1.82) is 0 Å². The molecule has 0 unspecified atom stereocenters. The van der Waals surface area contributed by atoms with Crippen LogP contribution in [0, 0.1) is 0 Å². The Morgan fingerprint density at radius 1 is 1.03 bits per heavy atom. The first-order valence-electron chi connectivity index (χ1n) is 13.2. The molecule has 2 aromatic carbocycles. The Balaban J connectivity index is 1.55. The number of carboxylic acid groups (broad SMARTS) is 1. The van der Waals surface area contributed by atoms with Gasteiger partial charge in [-0.05, 0) is 68.1 Å². The van der Waals surface area contributed by atoms with Gasteiger partial charge < -0.3 is 10.2 Å². The number of aryl methyl sites for hydroxylation is 1. The topological polar surface area (TPSA) is 108 Å². The predicted molar refractivity (Wildman–Crippen MR) is 142 cm³/mol. The van der Waals surface area contributed by atoms with Crippen molar-refractivity contribution in [3.8, 4) is 17.1 Å². The Kier molecular flexibility index (Phi) is 8.89.